The number of rotatable bonds is 0. The van der Waals surface area contributed by atoms with Crippen LogP contribution in [0.1, 0.15) is 5.69 Å². The van der Waals surface area contributed by atoms with E-state index in [0.29, 0.717) is 11.6 Å². The van der Waals surface area contributed by atoms with E-state index in [-0.39, 0.29) is 0 Å². The van der Waals surface area contributed by atoms with E-state index in [1.807, 2.05) is 13.0 Å². The largest absolute Gasteiger partial charge is 0.385 e. The maximum absolute atomic E-state index is 5.68. The summed E-state index contributed by atoms with van der Waals surface area (Å²) in [6.07, 6.45) is 3.47. The summed E-state index contributed by atoms with van der Waals surface area (Å²) in [4.78, 5) is 8.18. The number of nitrogen functional groups attached to an aromatic ring is 1. The Labute approximate surface area is 63.7 Å². The minimum Gasteiger partial charge on any atom is -0.385 e. The van der Waals surface area contributed by atoms with Crippen LogP contribution in [0, 0.1) is 6.92 Å². The summed E-state index contributed by atoms with van der Waals surface area (Å²) in [5.74, 6) is 1.33. The highest BCUT2D eigenvalue weighted by atomic mass is 15.1. The van der Waals surface area contributed by atoms with Crippen LogP contribution in [0.3, 0.4) is 0 Å². The van der Waals surface area contributed by atoms with Crippen LogP contribution in [0.25, 0.3) is 5.78 Å². The molecule has 2 aromatic rings. The highest BCUT2D eigenvalue weighted by molar-refractivity contribution is 5.42. The minimum atomic E-state index is 0.655. The fourth-order valence-electron chi connectivity index (χ4n) is 1.05. The van der Waals surface area contributed by atoms with Crippen molar-refractivity contribution in [2.45, 2.75) is 6.92 Å². The van der Waals surface area contributed by atoms with Crippen molar-refractivity contribution >= 4 is 11.6 Å². The zero-order valence-corrected chi connectivity index (χ0v) is 6.15. The fourth-order valence-corrected chi connectivity index (χ4v) is 1.05. The normalized spacial score (nSPS) is 10.6. The third-order valence-corrected chi connectivity index (χ3v) is 1.53. The molecule has 0 fully saturated rings. The number of hydrogen-bond acceptors (Lipinski definition) is 3. The van der Waals surface area contributed by atoms with E-state index in [1.165, 1.54) is 0 Å². The molecule has 0 atom stereocenters. The van der Waals surface area contributed by atoms with Gasteiger partial charge in [0, 0.05) is 24.2 Å². The van der Waals surface area contributed by atoms with E-state index in [9.17, 15) is 0 Å². The molecule has 4 heteroatoms. The summed E-state index contributed by atoms with van der Waals surface area (Å²) < 4.78 is 1.74. The predicted octanol–water partition coefficient (Wildman–Crippen LogP) is 0.620. The summed E-state index contributed by atoms with van der Waals surface area (Å²) >= 11 is 0. The number of aromatic nitrogens is 3. The summed E-state index contributed by atoms with van der Waals surface area (Å²) in [7, 11) is 0. The van der Waals surface area contributed by atoms with Crippen molar-refractivity contribution < 1.29 is 0 Å². The van der Waals surface area contributed by atoms with Gasteiger partial charge in [-0.05, 0) is 6.92 Å². The van der Waals surface area contributed by atoms with Crippen LogP contribution in [0.15, 0.2) is 18.5 Å². The molecule has 0 radical (unpaired) electrons. The van der Waals surface area contributed by atoms with Gasteiger partial charge >= 0.3 is 0 Å². The maximum Gasteiger partial charge on any atom is 0.235 e. The molecule has 0 amide bonds. The summed E-state index contributed by atoms with van der Waals surface area (Å²) in [6, 6.07) is 1.81. The van der Waals surface area contributed by atoms with Crippen molar-refractivity contribution in [1.29, 1.82) is 0 Å². The summed E-state index contributed by atoms with van der Waals surface area (Å²) in [5, 5.41) is 0. The molecule has 2 rings (SSSR count). The Balaban J connectivity index is 2.91. The minimum absolute atomic E-state index is 0.655. The van der Waals surface area contributed by atoms with Crippen molar-refractivity contribution in [2.75, 3.05) is 5.73 Å². The molecule has 4 nitrogen and oxygen atoms in total. The van der Waals surface area contributed by atoms with Crippen LogP contribution >= 0.6 is 0 Å². The van der Waals surface area contributed by atoms with E-state index >= 15 is 0 Å². The fraction of sp³-hybridized carbons (Fsp3) is 0.143. The molecular weight excluding hydrogens is 140 g/mol. The van der Waals surface area contributed by atoms with Gasteiger partial charge in [0.15, 0.2) is 0 Å². The van der Waals surface area contributed by atoms with Gasteiger partial charge in [0.05, 0.1) is 0 Å². The average molecular weight is 148 g/mol. The van der Waals surface area contributed by atoms with E-state index in [2.05, 4.69) is 9.97 Å². The van der Waals surface area contributed by atoms with Crippen LogP contribution in [-0.2, 0) is 0 Å². The molecule has 0 saturated carbocycles. The zero-order valence-electron chi connectivity index (χ0n) is 6.15. The van der Waals surface area contributed by atoms with Gasteiger partial charge in [0.25, 0.3) is 0 Å². The molecule has 0 bridgehead atoms. The Hall–Kier alpha value is -1.58. The van der Waals surface area contributed by atoms with Crippen LogP contribution in [0.4, 0.5) is 5.82 Å². The number of aryl methyl sites for hydroxylation is 1. The second-order valence-corrected chi connectivity index (χ2v) is 2.42. The van der Waals surface area contributed by atoms with Crippen LogP contribution < -0.4 is 5.73 Å². The number of nitrogens with two attached hydrogens (primary N) is 1. The average Bonchev–Trinajstić information content (AvgIpc) is 2.34. The quantitative estimate of drug-likeness (QED) is 0.595. The van der Waals surface area contributed by atoms with E-state index in [4.69, 9.17) is 5.73 Å². The maximum atomic E-state index is 5.68. The van der Waals surface area contributed by atoms with Gasteiger partial charge in [-0.1, -0.05) is 0 Å². The smallest absolute Gasteiger partial charge is 0.235 e. The van der Waals surface area contributed by atoms with Crippen molar-refractivity contribution in [3.05, 3.63) is 24.2 Å². The zero-order chi connectivity index (χ0) is 7.84. The first-order chi connectivity index (χ1) is 5.27. The Morgan fingerprint density at radius 3 is 3.18 bits per heavy atom. The topological polar surface area (TPSA) is 56.2 Å². The molecule has 0 unspecified atom stereocenters. The molecule has 0 aliphatic rings. The number of imidazole rings is 1. The third-order valence-electron chi connectivity index (χ3n) is 1.53. The molecule has 0 aliphatic heterocycles. The summed E-state index contributed by atoms with van der Waals surface area (Å²) in [6.45, 7) is 1.89. The molecule has 2 aromatic heterocycles. The number of nitrogens with zero attached hydrogens (tertiary/aromatic N) is 3. The second-order valence-electron chi connectivity index (χ2n) is 2.42. The van der Waals surface area contributed by atoms with Gasteiger partial charge in [-0.2, -0.15) is 0 Å². The van der Waals surface area contributed by atoms with E-state index in [0.717, 1.165) is 5.69 Å². The molecule has 0 saturated heterocycles. The van der Waals surface area contributed by atoms with Crippen molar-refractivity contribution in [3.8, 4) is 0 Å². The lowest BCUT2D eigenvalue weighted by atomic mass is 10.4. The van der Waals surface area contributed by atoms with Crippen molar-refractivity contribution in [2.24, 2.45) is 0 Å². The van der Waals surface area contributed by atoms with Gasteiger partial charge in [-0.15, -0.1) is 0 Å². The molecule has 2 N–H and O–H groups in total. The first kappa shape index (κ1) is 6.15. The highest BCUT2D eigenvalue weighted by Gasteiger charge is 1.98. The Bertz CT molecular complexity index is 390. The predicted molar refractivity (Wildman–Crippen MR) is 42.1 cm³/mol. The first-order valence-corrected chi connectivity index (χ1v) is 3.33. The Kier molecular flexibility index (Phi) is 1.09. The van der Waals surface area contributed by atoms with Gasteiger partial charge in [0.1, 0.15) is 5.82 Å². The molecule has 11 heavy (non-hydrogen) atoms. The number of anilines is 1. The van der Waals surface area contributed by atoms with Crippen LogP contribution in [0.2, 0.25) is 0 Å². The molecule has 0 aliphatic carbocycles. The van der Waals surface area contributed by atoms with Crippen LogP contribution in [0.5, 0.6) is 0 Å². The third kappa shape index (κ3) is 0.832. The molecule has 56 valence electrons. The SMILES string of the molecule is Cc1cc(N)n2ccnc2n1. The number of fused-ring (bicyclic) bond motifs is 1. The Morgan fingerprint density at radius 2 is 2.36 bits per heavy atom. The van der Waals surface area contributed by atoms with Gasteiger partial charge in [0.2, 0.25) is 5.78 Å². The van der Waals surface area contributed by atoms with Gasteiger partial charge in [-0.3, -0.25) is 4.40 Å². The first-order valence-electron chi connectivity index (χ1n) is 3.33. The highest BCUT2D eigenvalue weighted by Crippen LogP contribution is 2.06. The van der Waals surface area contributed by atoms with Crippen molar-refractivity contribution in [3.63, 3.8) is 0 Å². The lowest BCUT2D eigenvalue weighted by Crippen LogP contribution is -1.98. The number of hydrogen-bond donors (Lipinski definition) is 1. The standard InChI is InChI=1S/C7H8N4/c1-5-4-6(8)11-3-2-9-7(11)10-5/h2-4H,8H2,1H3. The molecule has 0 spiro atoms. The van der Waals surface area contributed by atoms with Gasteiger partial charge in [-0.25, -0.2) is 9.97 Å². The monoisotopic (exact) mass is 148 g/mol. The summed E-state index contributed by atoms with van der Waals surface area (Å²) in [5.41, 5.74) is 6.57. The van der Waals surface area contributed by atoms with E-state index in [1.54, 1.807) is 16.8 Å². The molecule has 0 aromatic carbocycles. The molecule has 2 heterocycles. The van der Waals surface area contributed by atoms with Gasteiger partial charge < -0.3 is 5.73 Å². The van der Waals surface area contributed by atoms with E-state index < -0.39 is 0 Å². The van der Waals surface area contributed by atoms with Crippen molar-refractivity contribution in [1.82, 2.24) is 14.4 Å². The second kappa shape index (κ2) is 1.95. The van der Waals surface area contributed by atoms with Crippen LogP contribution in [-0.4, -0.2) is 14.4 Å². The lowest BCUT2D eigenvalue weighted by Gasteiger charge is -1.98. The Morgan fingerprint density at radius 1 is 1.55 bits per heavy atom. The molecular formula is C7H8N4. The lowest BCUT2D eigenvalue weighted by molar-refractivity contribution is 1.08.